The number of carbonyl (C=O) groups excluding carboxylic acids is 1. The Morgan fingerprint density at radius 1 is 0.676 bits per heavy atom. The summed E-state index contributed by atoms with van der Waals surface area (Å²) < 4.78 is 0. The van der Waals surface area contributed by atoms with Crippen LogP contribution in [0.2, 0.25) is 0 Å². The molecule has 0 N–H and O–H groups in total. The standard InChI is InChI=1S/C30H40N2OS/c1-10-20-14-24(31(6)7)15-21(11-2)28(20)27-18-26(19(5)33)30(34-27)29-22(12-3)16-25(32(8)9)17-23(29)13-4/h14-18H,10-13H2,1-9H3. The molecule has 0 amide bonds. The second-order valence-electron chi connectivity index (χ2n) is 9.39. The van der Waals surface area contributed by atoms with Crippen LogP contribution in [0.15, 0.2) is 30.3 Å². The van der Waals surface area contributed by atoms with E-state index in [9.17, 15) is 4.79 Å². The van der Waals surface area contributed by atoms with Crippen LogP contribution in [-0.4, -0.2) is 34.0 Å². The first kappa shape index (κ1) is 26.0. The zero-order chi connectivity index (χ0) is 25.2. The van der Waals surface area contributed by atoms with Gasteiger partial charge in [-0.25, -0.2) is 0 Å². The fourth-order valence-electron chi connectivity index (χ4n) is 4.70. The van der Waals surface area contributed by atoms with E-state index >= 15 is 0 Å². The number of thiophene rings is 1. The summed E-state index contributed by atoms with van der Waals surface area (Å²) in [7, 11) is 8.38. The monoisotopic (exact) mass is 476 g/mol. The summed E-state index contributed by atoms with van der Waals surface area (Å²) in [5.74, 6) is 0.138. The maximum absolute atomic E-state index is 12.9. The fourth-order valence-corrected chi connectivity index (χ4v) is 6.14. The summed E-state index contributed by atoms with van der Waals surface area (Å²) in [5.41, 5.74) is 11.2. The summed E-state index contributed by atoms with van der Waals surface area (Å²) in [6, 6.07) is 11.4. The summed E-state index contributed by atoms with van der Waals surface area (Å²) >= 11 is 1.79. The topological polar surface area (TPSA) is 23.6 Å². The van der Waals surface area contributed by atoms with Crippen molar-refractivity contribution in [3.8, 4) is 20.9 Å². The molecule has 34 heavy (non-hydrogen) atoms. The Bertz CT molecular complexity index is 1140. The van der Waals surface area contributed by atoms with E-state index < -0.39 is 0 Å². The number of nitrogens with zero attached hydrogens (tertiary/aromatic N) is 2. The summed E-state index contributed by atoms with van der Waals surface area (Å²) in [6.45, 7) is 10.6. The Hall–Kier alpha value is -2.59. The highest BCUT2D eigenvalue weighted by molar-refractivity contribution is 7.19. The maximum Gasteiger partial charge on any atom is 0.161 e. The lowest BCUT2D eigenvalue weighted by Crippen LogP contribution is -2.10. The van der Waals surface area contributed by atoms with Crippen molar-refractivity contribution >= 4 is 28.5 Å². The molecule has 182 valence electrons. The number of carbonyl (C=O) groups is 1. The van der Waals surface area contributed by atoms with Gasteiger partial charge >= 0.3 is 0 Å². The van der Waals surface area contributed by atoms with Crippen LogP contribution < -0.4 is 9.80 Å². The molecule has 0 fully saturated rings. The van der Waals surface area contributed by atoms with Crippen LogP contribution in [0.3, 0.4) is 0 Å². The van der Waals surface area contributed by atoms with Gasteiger partial charge in [0.2, 0.25) is 0 Å². The zero-order valence-electron chi connectivity index (χ0n) is 22.4. The van der Waals surface area contributed by atoms with Gasteiger partial charge in [-0.3, -0.25) is 4.79 Å². The van der Waals surface area contributed by atoms with E-state index in [0.717, 1.165) is 36.1 Å². The number of hydrogen-bond acceptors (Lipinski definition) is 4. The molecule has 0 spiro atoms. The Labute approximate surface area is 210 Å². The summed E-state index contributed by atoms with van der Waals surface area (Å²) in [4.78, 5) is 19.6. The fraction of sp³-hybridized carbons (Fsp3) is 0.433. The molecular formula is C30H40N2OS. The van der Waals surface area contributed by atoms with Gasteiger partial charge in [0.15, 0.2) is 5.78 Å². The van der Waals surface area contributed by atoms with Crippen LogP contribution in [0.4, 0.5) is 11.4 Å². The normalized spacial score (nSPS) is 11.1. The molecule has 0 aliphatic rings. The SMILES string of the molecule is CCc1cc(N(C)C)cc(CC)c1-c1cc(C(C)=O)c(-c2c(CC)cc(N(C)C)cc2CC)s1. The third-order valence-corrected chi connectivity index (χ3v) is 7.88. The lowest BCUT2D eigenvalue weighted by Gasteiger charge is -2.20. The van der Waals surface area contributed by atoms with Crippen molar-refractivity contribution in [2.75, 3.05) is 38.0 Å². The predicted molar refractivity (Wildman–Crippen MR) is 151 cm³/mol. The van der Waals surface area contributed by atoms with Crippen molar-refractivity contribution in [2.45, 2.75) is 60.3 Å². The first-order chi connectivity index (χ1) is 16.2. The largest absolute Gasteiger partial charge is 0.378 e. The third kappa shape index (κ3) is 4.93. The van der Waals surface area contributed by atoms with Crippen molar-refractivity contribution in [1.82, 2.24) is 0 Å². The van der Waals surface area contributed by atoms with Crippen LogP contribution in [-0.2, 0) is 25.7 Å². The second kappa shape index (κ2) is 10.8. The van der Waals surface area contributed by atoms with Crippen molar-refractivity contribution in [3.63, 3.8) is 0 Å². The average molecular weight is 477 g/mol. The zero-order valence-corrected chi connectivity index (χ0v) is 23.2. The van der Waals surface area contributed by atoms with Gasteiger partial charge in [0.05, 0.1) is 0 Å². The van der Waals surface area contributed by atoms with Gasteiger partial charge in [0.1, 0.15) is 0 Å². The molecule has 0 atom stereocenters. The van der Waals surface area contributed by atoms with Crippen molar-refractivity contribution in [1.29, 1.82) is 0 Å². The number of ketones is 1. The molecule has 0 aliphatic heterocycles. The molecule has 0 bridgehead atoms. The van der Waals surface area contributed by atoms with Crippen molar-refractivity contribution < 1.29 is 4.79 Å². The Morgan fingerprint density at radius 2 is 1.06 bits per heavy atom. The highest BCUT2D eigenvalue weighted by atomic mass is 32.1. The lowest BCUT2D eigenvalue weighted by molar-refractivity contribution is 0.101. The maximum atomic E-state index is 12.9. The third-order valence-electron chi connectivity index (χ3n) is 6.71. The molecule has 4 heteroatoms. The molecule has 0 saturated heterocycles. The van der Waals surface area contributed by atoms with Gasteiger partial charge in [0.25, 0.3) is 0 Å². The Morgan fingerprint density at radius 3 is 1.38 bits per heavy atom. The van der Waals surface area contributed by atoms with Crippen LogP contribution in [0.1, 0.15) is 67.2 Å². The van der Waals surface area contributed by atoms with Crippen molar-refractivity contribution in [3.05, 3.63) is 58.1 Å². The lowest BCUT2D eigenvalue weighted by atomic mass is 9.92. The summed E-state index contributed by atoms with van der Waals surface area (Å²) in [6.07, 6.45) is 3.80. The highest BCUT2D eigenvalue weighted by Crippen LogP contribution is 2.45. The molecule has 1 heterocycles. The van der Waals surface area contributed by atoms with Crippen molar-refractivity contribution in [2.24, 2.45) is 0 Å². The number of aryl methyl sites for hydroxylation is 4. The van der Waals surface area contributed by atoms with E-state index in [0.29, 0.717) is 0 Å². The van der Waals surface area contributed by atoms with Crippen LogP contribution in [0.5, 0.6) is 0 Å². The minimum atomic E-state index is 0.138. The molecule has 0 saturated carbocycles. The van der Waals surface area contributed by atoms with E-state index in [1.54, 1.807) is 18.3 Å². The molecule has 0 aliphatic carbocycles. The quantitative estimate of drug-likeness (QED) is 0.296. The van der Waals surface area contributed by atoms with Gasteiger partial charge in [0, 0.05) is 54.9 Å². The second-order valence-corrected chi connectivity index (χ2v) is 10.4. The first-order valence-electron chi connectivity index (χ1n) is 12.5. The van der Waals surface area contributed by atoms with E-state index in [1.807, 2.05) is 0 Å². The minimum Gasteiger partial charge on any atom is -0.378 e. The smallest absolute Gasteiger partial charge is 0.161 e. The Kier molecular flexibility index (Phi) is 8.25. The first-order valence-corrected chi connectivity index (χ1v) is 13.3. The van der Waals surface area contributed by atoms with E-state index in [1.165, 1.54) is 49.6 Å². The van der Waals surface area contributed by atoms with Gasteiger partial charge < -0.3 is 9.80 Å². The molecular weight excluding hydrogens is 436 g/mol. The molecule has 2 aromatic carbocycles. The number of Topliss-reactive ketones (excluding diaryl/α,β-unsaturated/α-hetero) is 1. The molecule has 1 aromatic heterocycles. The Balaban J connectivity index is 2.34. The van der Waals surface area contributed by atoms with Crippen LogP contribution in [0.25, 0.3) is 20.9 Å². The number of benzene rings is 2. The summed E-state index contributed by atoms with van der Waals surface area (Å²) in [5, 5.41) is 0. The number of hydrogen-bond donors (Lipinski definition) is 0. The number of rotatable bonds is 9. The van der Waals surface area contributed by atoms with Gasteiger partial charge in [-0.2, -0.15) is 0 Å². The molecule has 3 rings (SSSR count). The molecule has 0 unspecified atom stereocenters. The van der Waals surface area contributed by atoms with Gasteiger partial charge in [-0.05, 0) is 96.3 Å². The van der Waals surface area contributed by atoms with E-state index in [-0.39, 0.29) is 5.78 Å². The molecule has 3 aromatic rings. The molecule has 0 radical (unpaired) electrons. The minimum absolute atomic E-state index is 0.138. The molecule has 3 nitrogen and oxygen atoms in total. The van der Waals surface area contributed by atoms with E-state index in [4.69, 9.17) is 0 Å². The number of anilines is 2. The van der Waals surface area contributed by atoms with Crippen LogP contribution >= 0.6 is 11.3 Å². The predicted octanol–water partition coefficient (Wildman–Crippen LogP) is 7.67. The van der Waals surface area contributed by atoms with Gasteiger partial charge in [-0.1, -0.05) is 27.7 Å². The van der Waals surface area contributed by atoms with Gasteiger partial charge in [-0.15, -0.1) is 11.3 Å². The highest BCUT2D eigenvalue weighted by Gasteiger charge is 2.23. The van der Waals surface area contributed by atoms with E-state index in [2.05, 4.69) is 96.0 Å². The van der Waals surface area contributed by atoms with Crippen LogP contribution in [0, 0.1) is 0 Å². The average Bonchev–Trinajstić information content (AvgIpc) is 3.26.